The minimum atomic E-state index is 0.0301. The molecule has 0 aromatic carbocycles. The third-order valence-electron chi connectivity index (χ3n) is 1.97. The Hall–Kier alpha value is -1.83. The molecular weight excluding hydrogens is 327 g/mol. The number of H-pyrrole nitrogens is 1. The third kappa shape index (κ3) is 3.60. The van der Waals surface area contributed by atoms with E-state index in [9.17, 15) is 4.79 Å². The first-order valence-electron chi connectivity index (χ1n) is 5.05. The molecule has 10 heteroatoms. The highest BCUT2D eigenvalue weighted by atomic mass is 35.5. The summed E-state index contributed by atoms with van der Waals surface area (Å²) in [6, 6.07) is 0. The molecule has 3 aromatic rings. The van der Waals surface area contributed by atoms with Gasteiger partial charge in [0.15, 0.2) is 17.1 Å². The highest BCUT2D eigenvalue weighted by molar-refractivity contribution is 6.33. The molecule has 1 N–H and O–H groups in total. The normalized spacial score (nSPS) is 9.95. The highest BCUT2D eigenvalue weighted by Crippen LogP contribution is 2.11. The lowest BCUT2D eigenvalue weighted by Crippen LogP contribution is -1.90. The van der Waals surface area contributed by atoms with Gasteiger partial charge in [-0.2, -0.15) is 5.10 Å². The number of halogens is 3. The van der Waals surface area contributed by atoms with E-state index in [0.29, 0.717) is 17.1 Å². The average Bonchev–Trinajstić information content (AvgIpc) is 2.87. The van der Waals surface area contributed by atoms with E-state index in [-0.39, 0.29) is 16.0 Å². The molecule has 20 heavy (non-hydrogen) atoms. The van der Waals surface area contributed by atoms with E-state index >= 15 is 0 Å². The summed E-state index contributed by atoms with van der Waals surface area (Å²) in [5.41, 5.74) is 1.45. The van der Waals surface area contributed by atoms with Crippen molar-refractivity contribution in [2.45, 2.75) is 0 Å². The number of hydrogen-bond donors (Lipinski definition) is 1. The summed E-state index contributed by atoms with van der Waals surface area (Å²) < 4.78 is 0. The zero-order valence-electron chi connectivity index (χ0n) is 9.59. The van der Waals surface area contributed by atoms with Gasteiger partial charge in [0.2, 0.25) is 0 Å². The van der Waals surface area contributed by atoms with Crippen molar-refractivity contribution in [2.24, 2.45) is 0 Å². The van der Waals surface area contributed by atoms with E-state index in [1.54, 1.807) is 6.20 Å². The number of carbonyl (C=O) groups is 1. The van der Waals surface area contributed by atoms with Gasteiger partial charge in [0.25, 0.3) is 0 Å². The van der Waals surface area contributed by atoms with Crippen LogP contribution in [0.5, 0.6) is 0 Å². The lowest BCUT2D eigenvalue weighted by atomic mass is 10.5. The molecule has 0 aliphatic carbocycles. The number of rotatable bonds is 1. The Kier molecular flexibility index (Phi) is 4.78. The standard InChI is InChI=1S/C5H2Cl2N2O.C5H3ClN4/c6-4-1-8-3(2-10)5(7)9-4;6-4-2-7-3-1-8-10-5(3)9-4/h1-2H;1-2H,(H,8,9,10). The molecule has 0 atom stereocenters. The fraction of sp³-hybridized carbons (Fsp3) is 0. The van der Waals surface area contributed by atoms with Crippen LogP contribution in [0.4, 0.5) is 0 Å². The van der Waals surface area contributed by atoms with Crippen molar-refractivity contribution < 1.29 is 4.79 Å². The van der Waals surface area contributed by atoms with Gasteiger partial charge in [-0.15, -0.1) is 0 Å². The summed E-state index contributed by atoms with van der Waals surface area (Å²) in [5.74, 6) is 0. The molecule has 0 saturated heterocycles. The molecule has 0 aliphatic heterocycles. The topological polar surface area (TPSA) is 97.3 Å². The minimum absolute atomic E-state index is 0.0301. The molecule has 3 rings (SSSR count). The Bertz CT molecular complexity index is 747. The number of aromatic amines is 1. The quantitative estimate of drug-likeness (QED) is 0.688. The van der Waals surface area contributed by atoms with Crippen LogP contribution in [0.15, 0.2) is 18.6 Å². The maximum absolute atomic E-state index is 10.1. The van der Waals surface area contributed by atoms with Crippen molar-refractivity contribution in [3.63, 3.8) is 0 Å². The fourth-order valence-corrected chi connectivity index (χ4v) is 1.64. The average molecular weight is 332 g/mol. The van der Waals surface area contributed by atoms with Gasteiger partial charge < -0.3 is 0 Å². The fourth-order valence-electron chi connectivity index (χ4n) is 1.14. The van der Waals surface area contributed by atoms with Crippen molar-refractivity contribution >= 4 is 52.3 Å². The number of nitrogens with one attached hydrogen (secondary N) is 1. The molecule has 0 fully saturated rings. The first-order valence-corrected chi connectivity index (χ1v) is 6.18. The summed E-state index contributed by atoms with van der Waals surface area (Å²) >= 11 is 16.4. The first-order chi connectivity index (χ1) is 9.60. The Labute approximate surface area is 127 Å². The lowest BCUT2D eigenvalue weighted by Gasteiger charge is -1.91. The van der Waals surface area contributed by atoms with Crippen LogP contribution >= 0.6 is 34.8 Å². The summed E-state index contributed by atoms with van der Waals surface area (Å²) in [4.78, 5) is 25.2. The van der Waals surface area contributed by atoms with Crippen LogP contribution in [0.3, 0.4) is 0 Å². The monoisotopic (exact) mass is 330 g/mol. The second-order valence-electron chi connectivity index (χ2n) is 3.28. The smallest absolute Gasteiger partial charge is 0.175 e. The molecule has 102 valence electrons. The molecular formula is C10H5Cl3N6O. The van der Waals surface area contributed by atoms with E-state index in [1.807, 2.05) is 0 Å². The number of nitrogens with zero attached hydrogens (tertiary/aromatic N) is 5. The van der Waals surface area contributed by atoms with Crippen molar-refractivity contribution in [2.75, 3.05) is 0 Å². The van der Waals surface area contributed by atoms with Gasteiger partial charge in [-0.1, -0.05) is 34.8 Å². The maximum atomic E-state index is 10.1. The molecule has 7 nitrogen and oxygen atoms in total. The Morgan fingerprint density at radius 2 is 1.70 bits per heavy atom. The second kappa shape index (κ2) is 6.56. The van der Waals surface area contributed by atoms with Gasteiger partial charge in [-0.25, -0.2) is 19.9 Å². The zero-order chi connectivity index (χ0) is 14.5. The van der Waals surface area contributed by atoms with Crippen molar-refractivity contribution in [3.8, 4) is 0 Å². The van der Waals surface area contributed by atoms with Crippen LogP contribution in [0, 0.1) is 0 Å². The van der Waals surface area contributed by atoms with E-state index in [0.717, 1.165) is 5.52 Å². The van der Waals surface area contributed by atoms with E-state index in [2.05, 4.69) is 30.1 Å². The summed E-state index contributed by atoms with van der Waals surface area (Å²) in [6.07, 6.45) is 4.86. The maximum Gasteiger partial charge on any atom is 0.175 e. The van der Waals surface area contributed by atoms with Crippen LogP contribution in [0.1, 0.15) is 10.5 Å². The van der Waals surface area contributed by atoms with Gasteiger partial charge in [0, 0.05) is 0 Å². The Balaban J connectivity index is 0.000000147. The van der Waals surface area contributed by atoms with E-state index < -0.39 is 0 Å². The molecule has 0 saturated carbocycles. The van der Waals surface area contributed by atoms with Crippen LogP contribution < -0.4 is 0 Å². The van der Waals surface area contributed by atoms with E-state index in [4.69, 9.17) is 34.8 Å². The van der Waals surface area contributed by atoms with Crippen molar-refractivity contribution in [1.82, 2.24) is 30.1 Å². The molecule has 0 bridgehead atoms. The molecule has 0 amide bonds. The van der Waals surface area contributed by atoms with Gasteiger partial charge in [-0.3, -0.25) is 9.89 Å². The minimum Gasteiger partial charge on any atom is -0.296 e. The largest absolute Gasteiger partial charge is 0.296 e. The predicted octanol–water partition coefficient (Wildman–Crippen LogP) is 2.60. The number of fused-ring (bicyclic) bond motifs is 1. The van der Waals surface area contributed by atoms with Gasteiger partial charge >= 0.3 is 0 Å². The van der Waals surface area contributed by atoms with Gasteiger partial charge in [-0.05, 0) is 0 Å². The molecule has 0 spiro atoms. The summed E-state index contributed by atoms with van der Waals surface area (Å²) in [5, 5.41) is 6.96. The highest BCUT2D eigenvalue weighted by Gasteiger charge is 2.01. The molecule has 0 unspecified atom stereocenters. The summed E-state index contributed by atoms with van der Waals surface area (Å²) in [7, 11) is 0. The Morgan fingerprint density at radius 1 is 1.00 bits per heavy atom. The second-order valence-corrected chi connectivity index (χ2v) is 4.42. The lowest BCUT2D eigenvalue weighted by molar-refractivity contribution is 0.111. The van der Waals surface area contributed by atoms with Crippen molar-refractivity contribution in [3.05, 3.63) is 39.7 Å². The molecule has 0 aliphatic rings. The van der Waals surface area contributed by atoms with Gasteiger partial charge in [0.1, 0.15) is 21.5 Å². The van der Waals surface area contributed by atoms with Gasteiger partial charge in [0.05, 0.1) is 18.6 Å². The third-order valence-corrected chi connectivity index (χ3v) is 2.61. The van der Waals surface area contributed by atoms with Crippen LogP contribution in [-0.2, 0) is 0 Å². The number of aldehydes is 1. The molecule has 3 aromatic heterocycles. The number of aromatic nitrogens is 6. The molecule has 3 heterocycles. The first kappa shape index (κ1) is 14.6. The van der Waals surface area contributed by atoms with E-state index in [1.165, 1.54) is 12.4 Å². The zero-order valence-corrected chi connectivity index (χ0v) is 11.9. The molecule has 0 radical (unpaired) electrons. The van der Waals surface area contributed by atoms with Crippen LogP contribution in [0.2, 0.25) is 15.5 Å². The van der Waals surface area contributed by atoms with Crippen LogP contribution in [0.25, 0.3) is 11.2 Å². The summed E-state index contributed by atoms with van der Waals surface area (Å²) in [6.45, 7) is 0. The number of carbonyl (C=O) groups excluding carboxylic acids is 1. The van der Waals surface area contributed by atoms with Crippen molar-refractivity contribution in [1.29, 1.82) is 0 Å². The Morgan fingerprint density at radius 3 is 2.40 bits per heavy atom. The number of hydrogen-bond acceptors (Lipinski definition) is 6. The van der Waals surface area contributed by atoms with Crippen LogP contribution in [-0.4, -0.2) is 36.4 Å². The predicted molar refractivity (Wildman–Crippen MR) is 74.1 cm³/mol. The SMILES string of the molecule is Clc1cnc2cn[nH]c2n1.O=Cc1ncc(Cl)nc1Cl.